The van der Waals surface area contributed by atoms with E-state index >= 15 is 0 Å². The van der Waals surface area contributed by atoms with E-state index in [1.54, 1.807) is 25.1 Å². The SMILES string of the molecule is Cc1cccc(OCC(=O)N(Cc2c(Cl)cccc2Cl)[C@@H](C)C(=O)NCC(C)C)c1C. The third kappa shape index (κ3) is 6.88. The molecule has 31 heavy (non-hydrogen) atoms. The van der Waals surface area contributed by atoms with Crippen LogP contribution in [0, 0.1) is 19.8 Å². The van der Waals surface area contributed by atoms with Crippen molar-refractivity contribution in [1.29, 1.82) is 0 Å². The zero-order valence-corrected chi connectivity index (χ0v) is 20.2. The highest BCUT2D eigenvalue weighted by molar-refractivity contribution is 6.36. The van der Waals surface area contributed by atoms with Crippen LogP contribution < -0.4 is 10.1 Å². The largest absolute Gasteiger partial charge is 0.483 e. The molecule has 0 bridgehead atoms. The third-order valence-electron chi connectivity index (χ3n) is 5.15. The molecule has 0 spiro atoms. The number of nitrogens with zero attached hydrogens (tertiary/aromatic N) is 1. The van der Waals surface area contributed by atoms with Crippen molar-refractivity contribution in [2.45, 2.75) is 47.2 Å². The van der Waals surface area contributed by atoms with Gasteiger partial charge in [-0.1, -0.05) is 55.2 Å². The third-order valence-corrected chi connectivity index (χ3v) is 5.86. The molecule has 0 saturated heterocycles. The second-order valence-corrected chi connectivity index (χ2v) is 8.84. The quantitative estimate of drug-likeness (QED) is 0.555. The molecule has 0 aliphatic rings. The van der Waals surface area contributed by atoms with Gasteiger partial charge in [-0.2, -0.15) is 0 Å². The molecule has 0 unspecified atom stereocenters. The highest BCUT2D eigenvalue weighted by Gasteiger charge is 2.28. The van der Waals surface area contributed by atoms with E-state index in [-0.39, 0.29) is 25.0 Å². The van der Waals surface area contributed by atoms with E-state index in [0.29, 0.717) is 33.8 Å². The summed E-state index contributed by atoms with van der Waals surface area (Å²) >= 11 is 12.6. The normalized spacial score (nSPS) is 11.9. The molecule has 0 aromatic heterocycles. The Kier molecular flexibility index (Phi) is 9.20. The molecular formula is C24H30Cl2N2O3. The minimum atomic E-state index is -0.721. The van der Waals surface area contributed by atoms with Crippen molar-refractivity contribution in [2.24, 2.45) is 5.92 Å². The zero-order valence-electron chi connectivity index (χ0n) is 18.7. The van der Waals surface area contributed by atoms with E-state index in [0.717, 1.165) is 11.1 Å². The van der Waals surface area contributed by atoms with E-state index in [1.807, 2.05) is 45.9 Å². The number of amides is 2. The summed E-state index contributed by atoms with van der Waals surface area (Å²) in [5.74, 6) is 0.369. The van der Waals surface area contributed by atoms with Gasteiger partial charge in [-0.15, -0.1) is 0 Å². The Balaban J connectivity index is 2.24. The standard InChI is InChI=1S/C24H30Cl2N2O3/c1-15(2)12-27-24(30)18(5)28(13-19-20(25)9-7-10-21(19)26)23(29)14-31-22-11-6-8-16(3)17(22)4/h6-11,15,18H,12-14H2,1-5H3,(H,27,30)/t18-/m0/s1. The van der Waals surface area contributed by atoms with Crippen molar-refractivity contribution in [1.82, 2.24) is 10.2 Å². The van der Waals surface area contributed by atoms with Crippen LogP contribution in [0.4, 0.5) is 0 Å². The number of rotatable bonds is 9. The van der Waals surface area contributed by atoms with Crippen LogP contribution in [0.25, 0.3) is 0 Å². The first-order valence-corrected chi connectivity index (χ1v) is 11.1. The Bertz CT molecular complexity index is 911. The molecule has 0 saturated carbocycles. The van der Waals surface area contributed by atoms with Crippen molar-refractivity contribution < 1.29 is 14.3 Å². The fourth-order valence-corrected chi connectivity index (χ4v) is 3.51. The maximum absolute atomic E-state index is 13.2. The number of ether oxygens (including phenoxy) is 1. The van der Waals surface area contributed by atoms with Crippen LogP contribution in [0.15, 0.2) is 36.4 Å². The molecule has 2 aromatic carbocycles. The number of hydrogen-bond acceptors (Lipinski definition) is 3. The average Bonchev–Trinajstić information content (AvgIpc) is 2.72. The lowest BCUT2D eigenvalue weighted by Crippen LogP contribution is -2.49. The predicted octanol–water partition coefficient (Wildman–Crippen LogP) is 5.18. The Morgan fingerprint density at radius 1 is 1.03 bits per heavy atom. The molecule has 2 amide bonds. The van der Waals surface area contributed by atoms with Gasteiger partial charge in [0.1, 0.15) is 11.8 Å². The van der Waals surface area contributed by atoms with Gasteiger partial charge in [-0.25, -0.2) is 0 Å². The minimum Gasteiger partial charge on any atom is -0.483 e. The first kappa shape index (κ1) is 25.0. The fraction of sp³-hybridized carbons (Fsp3) is 0.417. The highest BCUT2D eigenvalue weighted by Crippen LogP contribution is 2.27. The molecule has 168 valence electrons. The lowest BCUT2D eigenvalue weighted by atomic mass is 10.1. The second kappa shape index (κ2) is 11.4. The summed E-state index contributed by atoms with van der Waals surface area (Å²) < 4.78 is 5.80. The van der Waals surface area contributed by atoms with E-state index in [1.165, 1.54) is 4.90 Å². The Morgan fingerprint density at radius 3 is 2.26 bits per heavy atom. The molecule has 0 aliphatic heterocycles. The van der Waals surface area contributed by atoms with Crippen LogP contribution in [-0.4, -0.2) is 35.9 Å². The van der Waals surface area contributed by atoms with Crippen LogP contribution in [0.5, 0.6) is 5.75 Å². The van der Waals surface area contributed by atoms with E-state index < -0.39 is 6.04 Å². The smallest absolute Gasteiger partial charge is 0.261 e. The topological polar surface area (TPSA) is 58.6 Å². The van der Waals surface area contributed by atoms with Gasteiger partial charge in [0.15, 0.2) is 6.61 Å². The van der Waals surface area contributed by atoms with Crippen molar-refractivity contribution >= 4 is 35.0 Å². The van der Waals surface area contributed by atoms with Gasteiger partial charge in [0.2, 0.25) is 5.91 Å². The molecule has 7 heteroatoms. The van der Waals surface area contributed by atoms with E-state index in [9.17, 15) is 9.59 Å². The summed E-state index contributed by atoms with van der Waals surface area (Å²) in [5.41, 5.74) is 2.64. The van der Waals surface area contributed by atoms with Crippen molar-refractivity contribution in [2.75, 3.05) is 13.2 Å². The first-order chi connectivity index (χ1) is 14.6. The maximum Gasteiger partial charge on any atom is 0.261 e. The van der Waals surface area contributed by atoms with Crippen molar-refractivity contribution in [3.63, 3.8) is 0 Å². The zero-order chi connectivity index (χ0) is 23.1. The summed E-state index contributed by atoms with van der Waals surface area (Å²) in [6.45, 7) is 10.1. The number of carbonyl (C=O) groups excluding carboxylic acids is 2. The summed E-state index contributed by atoms with van der Waals surface area (Å²) in [6, 6.07) is 10.1. The first-order valence-electron chi connectivity index (χ1n) is 10.3. The monoisotopic (exact) mass is 464 g/mol. The molecule has 2 rings (SSSR count). The second-order valence-electron chi connectivity index (χ2n) is 8.02. The van der Waals surface area contributed by atoms with E-state index in [4.69, 9.17) is 27.9 Å². The molecule has 1 atom stereocenters. The molecule has 0 radical (unpaired) electrons. The summed E-state index contributed by atoms with van der Waals surface area (Å²) in [6.07, 6.45) is 0. The number of carbonyl (C=O) groups is 2. The van der Waals surface area contributed by atoms with Gasteiger partial charge in [-0.3, -0.25) is 9.59 Å². The minimum absolute atomic E-state index is 0.101. The number of aryl methyl sites for hydroxylation is 1. The van der Waals surface area contributed by atoms with Gasteiger partial charge in [0, 0.05) is 28.7 Å². The molecule has 5 nitrogen and oxygen atoms in total. The molecule has 0 heterocycles. The summed E-state index contributed by atoms with van der Waals surface area (Å²) in [4.78, 5) is 27.3. The number of halogens is 2. The average molecular weight is 465 g/mol. The lowest BCUT2D eigenvalue weighted by Gasteiger charge is -2.29. The van der Waals surface area contributed by atoms with Crippen molar-refractivity contribution in [3.05, 3.63) is 63.1 Å². The Hall–Kier alpha value is -2.24. The Morgan fingerprint density at radius 2 is 1.65 bits per heavy atom. The van der Waals surface area contributed by atoms with Crippen LogP contribution in [0.3, 0.4) is 0 Å². The predicted molar refractivity (Wildman–Crippen MR) is 126 cm³/mol. The molecular weight excluding hydrogens is 435 g/mol. The van der Waals surface area contributed by atoms with Crippen LogP contribution >= 0.6 is 23.2 Å². The van der Waals surface area contributed by atoms with Gasteiger partial charge in [-0.05, 0) is 56.0 Å². The number of hydrogen-bond donors (Lipinski definition) is 1. The van der Waals surface area contributed by atoms with Gasteiger partial charge in [0.25, 0.3) is 5.91 Å². The molecule has 1 N–H and O–H groups in total. The lowest BCUT2D eigenvalue weighted by molar-refractivity contribution is -0.142. The summed E-state index contributed by atoms with van der Waals surface area (Å²) in [7, 11) is 0. The molecule has 2 aromatic rings. The number of nitrogens with one attached hydrogen (secondary N) is 1. The highest BCUT2D eigenvalue weighted by atomic mass is 35.5. The van der Waals surface area contributed by atoms with Gasteiger partial charge in [0.05, 0.1) is 0 Å². The molecule has 0 aliphatic carbocycles. The fourth-order valence-electron chi connectivity index (χ4n) is 2.99. The summed E-state index contributed by atoms with van der Waals surface area (Å²) in [5, 5.41) is 3.76. The number of benzene rings is 2. The van der Waals surface area contributed by atoms with Gasteiger partial charge >= 0.3 is 0 Å². The molecule has 0 fully saturated rings. The van der Waals surface area contributed by atoms with Crippen LogP contribution in [-0.2, 0) is 16.1 Å². The van der Waals surface area contributed by atoms with Crippen LogP contribution in [0.2, 0.25) is 10.0 Å². The van der Waals surface area contributed by atoms with Crippen LogP contribution in [0.1, 0.15) is 37.5 Å². The van der Waals surface area contributed by atoms with Crippen molar-refractivity contribution in [3.8, 4) is 5.75 Å². The Labute approximate surface area is 194 Å². The van der Waals surface area contributed by atoms with E-state index in [2.05, 4.69) is 5.32 Å². The maximum atomic E-state index is 13.2. The van der Waals surface area contributed by atoms with Gasteiger partial charge < -0.3 is 15.0 Å².